The lowest BCUT2D eigenvalue weighted by Crippen LogP contribution is -2.48. The van der Waals surface area contributed by atoms with Crippen LogP contribution >= 0.6 is 0 Å². The van der Waals surface area contributed by atoms with Gasteiger partial charge in [-0.3, -0.25) is 9.59 Å². The molecule has 12 heteroatoms. The van der Waals surface area contributed by atoms with E-state index in [9.17, 15) is 24.3 Å². The van der Waals surface area contributed by atoms with Gasteiger partial charge in [-0.2, -0.15) is 0 Å². The van der Waals surface area contributed by atoms with Crippen LogP contribution in [0.1, 0.15) is 92.6 Å². The van der Waals surface area contributed by atoms with E-state index < -0.39 is 29.4 Å². The highest BCUT2D eigenvalue weighted by Gasteiger charge is 2.23. The van der Waals surface area contributed by atoms with Crippen LogP contribution in [0.3, 0.4) is 0 Å². The molecule has 4 N–H and O–H groups in total. The van der Waals surface area contributed by atoms with E-state index in [0.29, 0.717) is 71.5 Å². The Morgan fingerprint density at radius 1 is 0.822 bits per heavy atom. The summed E-state index contributed by atoms with van der Waals surface area (Å²) < 4.78 is 16.4. The molecule has 1 aromatic rings. The van der Waals surface area contributed by atoms with Crippen LogP contribution in [0.25, 0.3) is 0 Å². The largest absolute Gasteiger partial charge is 0.508 e. The molecule has 0 spiro atoms. The summed E-state index contributed by atoms with van der Waals surface area (Å²) in [6.45, 7) is 15.4. The molecule has 0 bridgehead atoms. The van der Waals surface area contributed by atoms with E-state index in [1.165, 1.54) is 0 Å². The van der Waals surface area contributed by atoms with Crippen molar-refractivity contribution >= 4 is 24.0 Å². The van der Waals surface area contributed by atoms with Crippen LogP contribution < -0.4 is 16.0 Å². The predicted molar refractivity (Wildman–Crippen MR) is 173 cm³/mol. The molecule has 0 aliphatic rings. The third-order valence-corrected chi connectivity index (χ3v) is 6.16. The van der Waals surface area contributed by atoms with Crippen molar-refractivity contribution in [2.45, 2.75) is 111 Å². The molecule has 0 aromatic heterocycles. The van der Waals surface area contributed by atoms with E-state index in [0.717, 1.165) is 12.0 Å². The quantitative estimate of drug-likeness (QED) is 0.160. The second-order valence-corrected chi connectivity index (χ2v) is 13.0. The number of hydrogen-bond donors (Lipinski definition) is 4. The molecule has 0 saturated carbocycles. The van der Waals surface area contributed by atoms with Gasteiger partial charge in [-0.1, -0.05) is 19.1 Å². The Morgan fingerprint density at radius 2 is 1.42 bits per heavy atom. The summed E-state index contributed by atoms with van der Waals surface area (Å²) in [7, 11) is 0. The lowest BCUT2D eigenvalue weighted by Gasteiger charge is -2.27. The molecule has 0 aliphatic heterocycles. The maximum absolute atomic E-state index is 13.0. The van der Waals surface area contributed by atoms with Gasteiger partial charge in [-0.15, -0.1) is 0 Å². The fraction of sp³-hybridized carbons (Fsp3) is 0.697. The Hall–Kier alpha value is -3.54. The van der Waals surface area contributed by atoms with Crippen molar-refractivity contribution < 1.29 is 38.5 Å². The van der Waals surface area contributed by atoms with Gasteiger partial charge >= 0.3 is 12.2 Å². The second-order valence-electron chi connectivity index (χ2n) is 13.0. The summed E-state index contributed by atoms with van der Waals surface area (Å²) >= 11 is 0. The number of benzene rings is 1. The standard InChI is InChI=1S/C33H56N4O8/c1-8-13-28(39)36-27(24-25-14-16-26(38)17-15-25)29(40)34-18-11-21-37(31(42)45-33(5,6)7)20-9-10-22-43-23-12-19-35-30(41)44-32(2,3)4/h14-17,27,38H,8-13,18-24H2,1-7H3,(H,34,40)(H,35,41)(H,36,39). The third kappa shape index (κ3) is 20.2. The third-order valence-electron chi connectivity index (χ3n) is 6.16. The first kappa shape index (κ1) is 39.5. The Morgan fingerprint density at radius 3 is 2.04 bits per heavy atom. The molecule has 45 heavy (non-hydrogen) atoms. The fourth-order valence-electron chi connectivity index (χ4n) is 4.08. The van der Waals surface area contributed by atoms with E-state index in [4.69, 9.17) is 14.2 Å². The van der Waals surface area contributed by atoms with Crippen molar-refractivity contribution in [2.24, 2.45) is 0 Å². The highest BCUT2D eigenvalue weighted by molar-refractivity contribution is 5.87. The predicted octanol–water partition coefficient (Wildman–Crippen LogP) is 4.67. The van der Waals surface area contributed by atoms with Crippen LogP contribution in [-0.4, -0.2) is 90.6 Å². The molecule has 0 radical (unpaired) electrons. The van der Waals surface area contributed by atoms with Gasteiger partial charge in [0.2, 0.25) is 11.8 Å². The van der Waals surface area contributed by atoms with Crippen molar-refractivity contribution in [1.29, 1.82) is 0 Å². The van der Waals surface area contributed by atoms with Gasteiger partial charge in [0, 0.05) is 52.2 Å². The summed E-state index contributed by atoms with van der Waals surface area (Å²) in [5.41, 5.74) is -0.368. The molecular formula is C33H56N4O8. The van der Waals surface area contributed by atoms with E-state index in [1.54, 1.807) is 29.2 Å². The minimum Gasteiger partial charge on any atom is -0.508 e. The van der Waals surface area contributed by atoms with Crippen LogP contribution in [0, 0.1) is 0 Å². The Bertz CT molecular complexity index is 1030. The number of amides is 4. The van der Waals surface area contributed by atoms with E-state index >= 15 is 0 Å². The summed E-state index contributed by atoms with van der Waals surface area (Å²) in [5, 5.41) is 18.0. The molecule has 1 unspecified atom stereocenters. The van der Waals surface area contributed by atoms with Crippen LogP contribution in [0.2, 0.25) is 0 Å². The first-order valence-electron chi connectivity index (χ1n) is 16.0. The molecular weight excluding hydrogens is 580 g/mol. The zero-order chi connectivity index (χ0) is 33.9. The average molecular weight is 637 g/mol. The minimum atomic E-state index is -0.761. The van der Waals surface area contributed by atoms with E-state index in [2.05, 4.69) is 16.0 Å². The Kier molecular flexibility index (Phi) is 18.0. The van der Waals surface area contributed by atoms with Gasteiger partial charge in [-0.25, -0.2) is 9.59 Å². The topological polar surface area (TPSA) is 156 Å². The minimum absolute atomic E-state index is 0.126. The number of nitrogens with one attached hydrogen (secondary N) is 3. The number of carbonyl (C=O) groups is 4. The van der Waals surface area contributed by atoms with Crippen molar-refractivity contribution in [3.63, 3.8) is 0 Å². The van der Waals surface area contributed by atoms with E-state index in [-0.39, 0.29) is 24.0 Å². The summed E-state index contributed by atoms with van der Waals surface area (Å²) in [5.74, 6) is -0.384. The molecule has 1 rings (SSSR count). The molecule has 1 aromatic carbocycles. The molecule has 0 fully saturated rings. The summed E-state index contributed by atoms with van der Waals surface area (Å²) in [4.78, 5) is 51.5. The van der Waals surface area contributed by atoms with Gasteiger partial charge in [0.25, 0.3) is 0 Å². The van der Waals surface area contributed by atoms with Crippen molar-refractivity contribution in [3.8, 4) is 5.75 Å². The second kappa shape index (κ2) is 20.5. The number of aromatic hydroxyl groups is 1. The number of phenolic OH excluding ortho intramolecular Hbond substituents is 1. The lowest BCUT2D eigenvalue weighted by molar-refractivity contribution is -0.129. The molecule has 256 valence electrons. The van der Waals surface area contributed by atoms with Gasteiger partial charge in [-0.05, 0) is 91.3 Å². The number of unbranched alkanes of at least 4 members (excludes halogenated alkanes) is 1. The van der Waals surface area contributed by atoms with Crippen molar-refractivity contribution in [3.05, 3.63) is 29.8 Å². The smallest absolute Gasteiger partial charge is 0.410 e. The van der Waals surface area contributed by atoms with Gasteiger partial charge in [0.1, 0.15) is 23.0 Å². The molecule has 0 saturated heterocycles. The molecule has 4 amide bonds. The summed E-state index contributed by atoms with van der Waals surface area (Å²) in [6, 6.07) is 5.76. The van der Waals surface area contributed by atoms with Crippen LogP contribution in [0.15, 0.2) is 24.3 Å². The number of carbonyl (C=O) groups excluding carboxylic acids is 4. The Balaban J connectivity index is 2.52. The zero-order valence-corrected chi connectivity index (χ0v) is 28.3. The average Bonchev–Trinajstić information content (AvgIpc) is 2.92. The van der Waals surface area contributed by atoms with Crippen LogP contribution in [-0.2, 0) is 30.2 Å². The zero-order valence-electron chi connectivity index (χ0n) is 28.3. The number of nitrogens with zero attached hydrogens (tertiary/aromatic N) is 1. The molecule has 0 heterocycles. The first-order valence-corrected chi connectivity index (χ1v) is 16.0. The number of alkyl carbamates (subject to hydrolysis) is 1. The fourth-order valence-corrected chi connectivity index (χ4v) is 4.08. The number of phenols is 1. The molecule has 1 atom stereocenters. The highest BCUT2D eigenvalue weighted by atomic mass is 16.6. The van der Waals surface area contributed by atoms with Crippen molar-refractivity contribution in [2.75, 3.05) is 39.4 Å². The number of hydrogen-bond acceptors (Lipinski definition) is 8. The highest BCUT2D eigenvalue weighted by Crippen LogP contribution is 2.13. The van der Waals surface area contributed by atoms with Crippen LogP contribution in [0.5, 0.6) is 5.75 Å². The molecule has 0 aliphatic carbocycles. The Labute approximate surface area is 268 Å². The first-order chi connectivity index (χ1) is 21.1. The maximum Gasteiger partial charge on any atom is 0.410 e. The molecule has 12 nitrogen and oxygen atoms in total. The normalized spacial score (nSPS) is 12.2. The van der Waals surface area contributed by atoms with Crippen LogP contribution in [0.4, 0.5) is 9.59 Å². The van der Waals surface area contributed by atoms with Gasteiger partial charge in [0.15, 0.2) is 0 Å². The van der Waals surface area contributed by atoms with Gasteiger partial charge in [0.05, 0.1) is 0 Å². The summed E-state index contributed by atoms with van der Waals surface area (Å²) in [6.07, 6.45) is 3.02. The SMILES string of the molecule is CCCC(=O)NC(Cc1ccc(O)cc1)C(=O)NCCCN(CCCCOCCCNC(=O)OC(C)(C)C)C(=O)OC(C)(C)C. The lowest BCUT2D eigenvalue weighted by atomic mass is 10.0. The number of rotatable bonds is 19. The number of ether oxygens (including phenoxy) is 3. The van der Waals surface area contributed by atoms with Gasteiger partial charge < -0.3 is 40.2 Å². The maximum atomic E-state index is 13.0. The van der Waals surface area contributed by atoms with E-state index in [1.807, 2.05) is 48.5 Å². The monoisotopic (exact) mass is 636 g/mol. The van der Waals surface area contributed by atoms with Crippen molar-refractivity contribution in [1.82, 2.24) is 20.9 Å².